The third kappa shape index (κ3) is 3.08. The van der Waals surface area contributed by atoms with Crippen LogP contribution in [0.5, 0.6) is 0 Å². The normalized spacial score (nSPS) is 11.9. The summed E-state index contributed by atoms with van der Waals surface area (Å²) in [5, 5.41) is 13.0. The summed E-state index contributed by atoms with van der Waals surface area (Å²) in [5.41, 5.74) is 2.36. The number of carboxylic acids is 1. The second-order valence-electron chi connectivity index (χ2n) is 4.56. The zero-order valence-corrected chi connectivity index (χ0v) is 12.0. The Hall–Kier alpha value is -2.07. The van der Waals surface area contributed by atoms with Gasteiger partial charge in [0.1, 0.15) is 5.56 Å². The van der Waals surface area contributed by atoms with E-state index in [-0.39, 0.29) is 11.6 Å². The van der Waals surface area contributed by atoms with Crippen molar-refractivity contribution in [1.82, 2.24) is 4.98 Å². The number of benzene rings is 1. The number of hydrogen-bond donors (Lipinski definition) is 2. The van der Waals surface area contributed by atoms with E-state index in [2.05, 4.69) is 10.3 Å². The van der Waals surface area contributed by atoms with Crippen LogP contribution in [0.3, 0.4) is 0 Å². The van der Waals surface area contributed by atoms with E-state index in [1.807, 2.05) is 38.1 Å². The van der Waals surface area contributed by atoms with E-state index in [1.54, 1.807) is 6.07 Å². The standard InChI is InChI=1S/C15H15ClN2O2/c1-9-7-14(12(8-17-9)15(19)20)18-10(2)11-5-3-4-6-13(11)16/h3-8,10H,1-2H3,(H,17,18)(H,19,20). The Morgan fingerprint density at radius 3 is 2.75 bits per heavy atom. The van der Waals surface area contributed by atoms with Gasteiger partial charge in [0.25, 0.3) is 0 Å². The van der Waals surface area contributed by atoms with Crippen LogP contribution in [-0.4, -0.2) is 16.1 Å². The average molecular weight is 291 g/mol. The van der Waals surface area contributed by atoms with Gasteiger partial charge in [-0.1, -0.05) is 29.8 Å². The lowest BCUT2D eigenvalue weighted by atomic mass is 10.1. The summed E-state index contributed by atoms with van der Waals surface area (Å²) in [6.45, 7) is 3.75. The van der Waals surface area contributed by atoms with Gasteiger partial charge >= 0.3 is 5.97 Å². The fourth-order valence-corrected chi connectivity index (χ4v) is 2.29. The van der Waals surface area contributed by atoms with Crippen molar-refractivity contribution in [3.63, 3.8) is 0 Å². The SMILES string of the molecule is Cc1cc(NC(C)c2ccccc2Cl)c(C(=O)O)cn1. The zero-order chi connectivity index (χ0) is 14.7. The van der Waals surface area contributed by atoms with Crippen LogP contribution >= 0.6 is 11.6 Å². The number of carbonyl (C=O) groups is 1. The number of anilines is 1. The number of hydrogen-bond acceptors (Lipinski definition) is 3. The van der Waals surface area contributed by atoms with E-state index in [4.69, 9.17) is 11.6 Å². The molecule has 1 atom stereocenters. The second kappa shape index (κ2) is 5.92. The number of rotatable bonds is 4. The van der Waals surface area contributed by atoms with E-state index in [0.29, 0.717) is 10.7 Å². The number of aromatic nitrogens is 1. The van der Waals surface area contributed by atoms with E-state index >= 15 is 0 Å². The van der Waals surface area contributed by atoms with Crippen molar-refractivity contribution in [3.05, 3.63) is 58.4 Å². The van der Waals surface area contributed by atoms with E-state index in [1.165, 1.54) is 6.20 Å². The molecule has 0 aliphatic heterocycles. The maximum Gasteiger partial charge on any atom is 0.339 e. The molecule has 5 heteroatoms. The van der Waals surface area contributed by atoms with Crippen molar-refractivity contribution in [2.24, 2.45) is 0 Å². The van der Waals surface area contributed by atoms with Crippen LogP contribution < -0.4 is 5.32 Å². The van der Waals surface area contributed by atoms with E-state index < -0.39 is 5.97 Å². The molecule has 1 aromatic heterocycles. The summed E-state index contributed by atoms with van der Waals surface area (Å²) >= 11 is 6.15. The molecule has 0 bridgehead atoms. The van der Waals surface area contributed by atoms with Crippen molar-refractivity contribution in [3.8, 4) is 0 Å². The Kier molecular flexibility index (Phi) is 4.25. The van der Waals surface area contributed by atoms with Crippen molar-refractivity contribution in [2.45, 2.75) is 19.9 Å². The Balaban J connectivity index is 2.32. The van der Waals surface area contributed by atoms with Crippen LogP contribution in [0.25, 0.3) is 0 Å². The fourth-order valence-electron chi connectivity index (χ4n) is 1.99. The van der Waals surface area contributed by atoms with Crippen LogP contribution in [0.1, 0.15) is 34.6 Å². The van der Waals surface area contributed by atoms with Gasteiger partial charge in [-0.25, -0.2) is 4.79 Å². The molecule has 2 N–H and O–H groups in total. The molecule has 104 valence electrons. The Morgan fingerprint density at radius 2 is 2.10 bits per heavy atom. The summed E-state index contributed by atoms with van der Waals surface area (Å²) in [6.07, 6.45) is 1.36. The van der Waals surface area contributed by atoms with Gasteiger partial charge < -0.3 is 10.4 Å². The van der Waals surface area contributed by atoms with Crippen LogP contribution in [0.4, 0.5) is 5.69 Å². The second-order valence-corrected chi connectivity index (χ2v) is 4.97. The number of carboxylic acid groups (broad SMARTS) is 1. The van der Waals surface area contributed by atoms with Gasteiger partial charge in [0.2, 0.25) is 0 Å². The lowest BCUT2D eigenvalue weighted by Gasteiger charge is -2.18. The van der Waals surface area contributed by atoms with Crippen LogP contribution in [0, 0.1) is 6.92 Å². The highest BCUT2D eigenvalue weighted by molar-refractivity contribution is 6.31. The molecule has 0 fully saturated rings. The third-order valence-corrected chi connectivity index (χ3v) is 3.36. The van der Waals surface area contributed by atoms with Crippen molar-refractivity contribution in [2.75, 3.05) is 5.32 Å². The highest BCUT2D eigenvalue weighted by atomic mass is 35.5. The number of nitrogens with one attached hydrogen (secondary N) is 1. The van der Waals surface area contributed by atoms with Gasteiger partial charge in [0.05, 0.1) is 11.7 Å². The van der Waals surface area contributed by atoms with Gasteiger partial charge in [-0.2, -0.15) is 0 Å². The van der Waals surface area contributed by atoms with E-state index in [9.17, 15) is 9.90 Å². The molecule has 0 saturated carbocycles. The molecular formula is C15H15ClN2O2. The van der Waals surface area contributed by atoms with Crippen LogP contribution in [0.15, 0.2) is 36.5 Å². The number of aromatic carboxylic acids is 1. The summed E-state index contributed by atoms with van der Waals surface area (Å²) in [6, 6.07) is 9.09. The number of halogens is 1. The molecule has 0 aliphatic carbocycles. The van der Waals surface area contributed by atoms with Gasteiger partial charge in [-0.3, -0.25) is 4.98 Å². The highest BCUT2D eigenvalue weighted by Gasteiger charge is 2.15. The Labute approximate surface area is 122 Å². The Morgan fingerprint density at radius 1 is 1.40 bits per heavy atom. The molecule has 1 heterocycles. The molecule has 0 saturated heterocycles. The summed E-state index contributed by atoms with van der Waals surface area (Å²) in [4.78, 5) is 15.2. The molecule has 2 rings (SSSR count). The third-order valence-electron chi connectivity index (χ3n) is 3.01. The van der Waals surface area contributed by atoms with Gasteiger partial charge in [0, 0.05) is 16.9 Å². The molecule has 0 aliphatic rings. The first-order valence-electron chi connectivity index (χ1n) is 6.20. The van der Waals surface area contributed by atoms with Crippen LogP contribution in [0.2, 0.25) is 5.02 Å². The molecule has 2 aromatic rings. The number of aryl methyl sites for hydroxylation is 1. The first-order chi connectivity index (χ1) is 9.49. The minimum atomic E-state index is -1.01. The van der Waals surface area contributed by atoms with Gasteiger partial charge in [-0.15, -0.1) is 0 Å². The minimum Gasteiger partial charge on any atom is -0.478 e. The summed E-state index contributed by atoms with van der Waals surface area (Å²) < 4.78 is 0. The van der Waals surface area contributed by atoms with Gasteiger partial charge in [-0.05, 0) is 31.5 Å². The quantitative estimate of drug-likeness (QED) is 0.896. The summed E-state index contributed by atoms with van der Waals surface area (Å²) in [7, 11) is 0. The lowest BCUT2D eigenvalue weighted by molar-refractivity contribution is 0.0697. The molecule has 4 nitrogen and oxygen atoms in total. The molecule has 0 amide bonds. The monoisotopic (exact) mass is 290 g/mol. The molecule has 1 aromatic carbocycles. The smallest absolute Gasteiger partial charge is 0.339 e. The molecular weight excluding hydrogens is 276 g/mol. The number of nitrogens with zero attached hydrogens (tertiary/aromatic N) is 1. The fraction of sp³-hybridized carbons (Fsp3) is 0.200. The number of pyridine rings is 1. The van der Waals surface area contributed by atoms with Crippen molar-refractivity contribution in [1.29, 1.82) is 0 Å². The lowest BCUT2D eigenvalue weighted by Crippen LogP contribution is -2.12. The predicted molar refractivity (Wildman–Crippen MR) is 79.4 cm³/mol. The first-order valence-corrected chi connectivity index (χ1v) is 6.57. The maximum atomic E-state index is 11.2. The van der Waals surface area contributed by atoms with Crippen LogP contribution in [-0.2, 0) is 0 Å². The van der Waals surface area contributed by atoms with Crippen molar-refractivity contribution < 1.29 is 9.90 Å². The van der Waals surface area contributed by atoms with E-state index in [0.717, 1.165) is 11.3 Å². The summed E-state index contributed by atoms with van der Waals surface area (Å²) in [5.74, 6) is -1.01. The first kappa shape index (κ1) is 14.3. The molecule has 0 radical (unpaired) electrons. The molecule has 1 unspecified atom stereocenters. The largest absolute Gasteiger partial charge is 0.478 e. The minimum absolute atomic E-state index is 0.108. The highest BCUT2D eigenvalue weighted by Crippen LogP contribution is 2.27. The maximum absolute atomic E-state index is 11.2. The molecule has 20 heavy (non-hydrogen) atoms. The molecule has 0 spiro atoms. The zero-order valence-electron chi connectivity index (χ0n) is 11.2. The van der Waals surface area contributed by atoms with Crippen molar-refractivity contribution >= 4 is 23.3 Å². The van der Waals surface area contributed by atoms with Gasteiger partial charge in [0.15, 0.2) is 0 Å². The average Bonchev–Trinajstić information content (AvgIpc) is 2.38. The Bertz CT molecular complexity index is 644. The topological polar surface area (TPSA) is 62.2 Å². The predicted octanol–water partition coefficient (Wildman–Crippen LogP) is 3.91.